The van der Waals surface area contributed by atoms with Crippen LogP contribution in [-0.4, -0.2) is 47.5 Å². The van der Waals surface area contributed by atoms with Crippen molar-refractivity contribution in [3.63, 3.8) is 0 Å². The van der Waals surface area contributed by atoms with Crippen molar-refractivity contribution in [3.05, 3.63) is 33.6 Å². The van der Waals surface area contributed by atoms with Gasteiger partial charge in [-0.15, -0.1) is 5.10 Å². The molecule has 0 saturated carbocycles. The van der Waals surface area contributed by atoms with Gasteiger partial charge in [0, 0.05) is 26.4 Å². The molecule has 0 saturated heterocycles. The summed E-state index contributed by atoms with van der Waals surface area (Å²) >= 11 is 0. The van der Waals surface area contributed by atoms with Gasteiger partial charge in [-0.05, 0) is 6.92 Å². The van der Waals surface area contributed by atoms with Gasteiger partial charge < -0.3 is 10.1 Å². The van der Waals surface area contributed by atoms with Gasteiger partial charge in [0.2, 0.25) is 0 Å². The number of carbonyl (C=O) groups is 1. The molecular weight excluding hydrogens is 292 g/mol. The van der Waals surface area contributed by atoms with Gasteiger partial charge in [0.1, 0.15) is 11.5 Å². The maximum Gasteiger partial charge on any atom is 0.339 e. The van der Waals surface area contributed by atoms with E-state index in [0.717, 1.165) is 11.2 Å². The number of carbonyl (C=O) groups excluding carboxylic acids is 1. The molecule has 0 aliphatic rings. The normalized spacial score (nSPS) is 11.0. The molecule has 3 N–H and O–H groups in total. The first-order valence-corrected chi connectivity index (χ1v) is 6.43. The number of nitrogens with one attached hydrogen (secondary N) is 1. The number of hydrogen-bond donors (Lipinski definition) is 2. The molecule has 0 unspecified atom stereocenters. The molecule has 0 atom stereocenters. The van der Waals surface area contributed by atoms with E-state index in [2.05, 4.69) is 15.4 Å². The Balaban J connectivity index is 3.15. The van der Waals surface area contributed by atoms with Crippen molar-refractivity contribution >= 4 is 17.5 Å². The van der Waals surface area contributed by atoms with E-state index in [-0.39, 0.29) is 30.0 Å². The van der Waals surface area contributed by atoms with E-state index in [9.17, 15) is 14.9 Å². The summed E-state index contributed by atoms with van der Waals surface area (Å²) in [5, 5.41) is 19.0. The summed E-state index contributed by atoms with van der Waals surface area (Å²) in [4.78, 5) is 26.1. The van der Waals surface area contributed by atoms with Gasteiger partial charge in [0.15, 0.2) is 0 Å². The van der Waals surface area contributed by atoms with Gasteiger partial charge >= 0.3 is 5.97 Å². The van der Waals surface area contributed by atoms with Crippen molar-refractivity contribution in [3.8, 4) is 0 Å². The van der Waals surface area contributed by atoms with Gasteiger partial charge in [0.05, 0.1) is 23.5 Å². The standard InChI is InChI=1S/C12H18N6O4/c1-4-22-12(19)8-5-10(18(20)21)9(15-7-8)6-11(14-2)16-17(3)13/h5,7H,4,6,13H2,1-3H3,(H,14,16). The van der Waals surface area contributed by atoms with Crippen LogP contribution in [-0.2, 0) is 11.2 Å². The lowest BCUT2D eigenvalue weighted by atomic mass is 10.1. The average molecular weight is 310 g/mol. The van der Waals surface area contributed by atoms with E-state index in [1.165, 1.54) is 13.2 Å². The van der Waals surface area contributed by atoms with Crippen molar-refractivity contribution in [1.82, 2.24) is 15.4 Å². The SMILES string of the molecule is CCOC(=O)c1cnc(C/C(=N/N(C)N)NC)c([N+](=O)[O-])c1. The van der Waals surface area contributed by atoms with Crippen LogP contribution in [0.15, 0.2) is 17.4 Å². The Labute approximate surface area is 127 Å². The Morgan fingerprint density at radius 2 is 2.32 bits per heavy atom. The zero-order chi connectivity index (χ0) is 16.7. The fraction of sp³-hybridized carbons (Fsp3) is 0.417. The van der Waals surface area contributed by atoms with Crippen molar-refractivity contribution < 1.29 is 14.5 Å². The number of rotatable bonds is 6. The van der Waals surface area contributed by atoms with Crippen LogP contribution in [0.4, 0.5) is 5.69 Å². The van der Waals surface area contributed by atoms with Crippen molar-refractivity contribution in [2.24, 2.45) is 10.9 Å². The highest BCUT2D eigenvalue weighted by Crippen LogP contribution is 2.19. The van der Waals surface area contributed by atoms with Crippen LogP contribution < -0.4 is 11.2 Å². The number of pyridine rings is 1. The Morgan fingerprint density at radius 1 is 1.64 bits per heavy atom. The predicted molar refractivity (Wildman–Crippen MR) is 79.0 cm³/mol. The number of likely N-dealkylation sites (N-methyl/N-ethyl adjacent to an activating group) is 1. The number of hydrazine groups is 1. The van der Waals surface area contributed by atoms with Gasteiger partial charge in [-0.3, -0.25) is 15.1 Å². The first-order chi connectivity index (χ1) is 10.4. The third kappa shape index (κ3) is 4.66. The Morgan fingerprint density at radius 3 is 2.82 bits per heavy atom. The maximum absolute atomic E-state index is 11.6. The Kier molecular flexibility index (Phi) is 6.20. The molecule has 22 heavy (non-hydrogen) atoms. The minimum absolute atomic E-state index is 0.0242. The largest absolute Gasteiger partial charge is 0.462 e. The number of hydrogen-bond acceptors (Lipinski definition) is 8. The third-order valence-electron chi connectivity index (χ3n) is 2.56. The number of ether oxygens (including phenoxy) is 1. The second-order valence-corrected chi connectivity index (χ2v) is 4.21. The van der Waals surface area contributed by atoms with Crippen molar-refractivity contribution in [1.29, 1.82) is 0 Å². The molecule has 1 rings (SSSR count). The minimum atomic E-state index is -0.658. The van der Waals surface area contributed by atoms with Gasteiger partial charge in [0.25, 0.3) is 5.69 Å². The summed E-state index contributed by atoms with van der Waals surface area (Å²) < 4.78 is 4.80. The molecule has 0 spiro atoms. The number of aromatic nitrogens is 1. The second kappa shape index (κ2) is 7.88. The lowest BCUT2D eigenvalue weighted by Crippen LogP contribution is -2.29. The first kappa shape index (κ1) is 17.3. The summed E-state index contributed by atoms with van der Waals surface area (Å²) in [5.41, 5.74) is -0.0997. The number of esters is 1. The Hall–Kier alpha value is -2.75. The van der Waals surface area contributed by atoms with Gasteiger partial charge in [-0.2, -0.15) is 0 Å². The molecule has 1 aromatic heterocycles. The number of amidine groups is 1. The first-order valence-electron chi connectivity index (χ1n) is 6.43. The number of nitrogens with zero attached hydrogens (tertiary/aromatic N) is 4. The van der Waals surface area contributed by atoms with E-state index in [4.69, 9.17) is 10.6 Å². The Bertz CT molecular complexity index is 587. The van der Waals surface area contributed by atoms with Crippen LogP contribution in [0, 0.1) is 10.1 Å². The van der Waals surface area contributed by atoms with Gasteiger partial charge in [-0.25, -0.2) is 15.8 Å². The van der Waals surface area contributed by atoms with Crippen LogP contribution >= 0.6 is 0 Å². The summed E-state index contributed by atoms with van der Waals surface area (Å²) in [6.45, 7) is 1.82. The van der Waals surface area contributed by atoms with Crippen molar-refractivity contribution in [2.45, 2.75) is 13.3 Å². The van der Waals surface area contributed by atoms with E-state index in [1.807, 2.05) is 0 Å². The molecule has 0 aliphatic carbocycles. The van der Waals surface area contributed by atoms with Crippen LogP contribution in [0.3, 0.4) is 0 Å². The maximum atomic E-state index is 11.6. The highest BCUT2D eigenvalue weighted by molar-refractivity contribution is 5.90. The molecule has 0 bridgehead atoms. The average Bonchev–Trinajstić information content (AvgIpc) is 2.46. The topological polar surface area (TPSA) is 136 Å². The molecule has 0 aliphatic heterocycles. The molecule has 10 nitrogen and oxygen atoms in total. The molecule has 1 heterocycles. The van der Waals surface area contributed by atoms with Crippen LogP contribution in [0.2, 0.25) is 0 Å². The fourth-order valence-electron chi connectivity index (χ4n) is 1.62. The van der Waals surface area contributed by atoms with Crippen LogP contribution in [0.25, 0.3) is 0 Å². The molecule has 120 valence electrons. The molecule has 0 fully saturated rings. The zero-order valence-electron chi connectivity index (χ0n) is 12.6. The summed E-state index contributed by atoms with van der Waals surface area (Å²) in [6, 6.07) is 1.14. The second-order valence-electron chi connectivity index (χ2n) is 4.21. The highest BCUT2D eigenvalue weighted by atomic mass is 16.6. The quantitative estimate of drug-likeness (QED) is 0.188. The number of nitrogens with two attached hydrogens (primary N) is 1. The van der Waals surface area contributed by atoms with Crippen molar-refractivity contribution in [2.75, 3.05) is 20.7 Å². The molecule has 1 aromatic rings. The van der Waals surface area contributed by atoms with E-state index in [1.54, 1.807) is 14.0 Å². The van der Waals surface area contributed by atoms with E-state index < -0.39 is 10.9 Å². The molecule has 0 radical (unpaired) electrons. The fourth-order valence-corrected chi connectivity index (χ4v) is 1.62. The number of hydrazone groups is 1. The van der Waals surface area contributed by atoms with Gasteiger partial charge in [-0.1, -0.05) is 0 Å². The summed E-state index contributed by atoms with van der Waals surface area (Å²) in [6.07, 6.45) is 1.30. The molecule has 10 heteroatoms. The monoisotopic (exact) mass is 310 g/mol. The smallest absolute Gasteiger partial charge is 0.339 e. The lowest BCUT2D eigenvalue weighted by Gasteiger charge is -2.10. The third-order valence-corrected chi connectivity index (χ3v) is 2.56. The predicted octanol–water partition coefficient (Wildman–Crippen LogP) is 0.0474. The van der Waals surface area contributed by atoms with Crippen LogP contribution in [0.5, 0.6) is 0 Å². The summed E-state index contributed by atoms with van der Waals surface area (Å²) in [5.74, 6) is 5.14. The zero-order valence-corrected chi connectivity index (χ0v) is 12.6. The minimum Gasteiger partial charge on any atom is -0.462 e. The van der Waals surface area contributed by atoms with Crippen LogP contribution in [0.1, 0.15) is 23.0 Å². The lowest BCUT2D eigenvalue weighted by molar-refractivity contribution is -0.385. The number of nitro groups is 1. The summed E-state index contributed by atoms with van der Waals surface area (Å²) in [7, 11) is 3.13. The molecule has 0 amide bonds. The van der Waals surface area contributed by atoms with E-state index >= 15 is 0 Å². The van der Waals surface area contributed by atoms with E-state index in [0.29, 0.717) is 5.84 Å². The highest BCUT2D eigenvalue weighted by Gasteiger charge is 2.21. The molecular formula is C12H18N6O4. The molecule has 0 aromatic carbocycles.